The Balaban J connectivity index is 1.58. The molecular formula is C10H17F3N2O. The average Bonchev–Trinajstić information content (AvgIpc) is 2.70. The first-order chi connectivity index (χ1) is 7.54. The number of ether oxygens (including phenoxy) is 1. The Morgan fingerprint density at radius 3 is 2.38 bits per heavy atom. The van der Waals surface area contributed by atoms with Gasteiger partial charge in [-0.2, -0.15) is 13.2 Å². The summed E-state index contributed by atoms with van der Waals surface area (Å²) in [7, 11) is 0. The summed E-state index contributed by atoms with van der Waals surface area (Å²) in [6, 6.07) is 0. The zero-order valence-electron chi connectivity index (χ0n) is 9.09. The van der Waals surface area contributed by atoms with Crippen LogP contribution in [-0.2, 0) is 4.74 Å². The molecule has 0 amide bonds. The molecule has 6 heteroatoms. The standard InChI is InChI=1S/C10H17F3N2O/c11-10(12,13)7-16-2-1-15-5-8-3-14-4-9(8)6-15/h8-9,14H,1-7H2. The molecular weight excluding hydrogens is 221 g/mol. The van der Waals surface area contributed by atoms with Crippen molar-refractivity contribution in [1.29, 1.82) is 0 Å². The van der Waals surface area contributed by atoms with E-state index in [0.29, 0.717) is 18.4 Å². The maximum Gasteiger partial charge on any atom is 0.411 e. The Kier molecular flexibility index (Phi) is 3.71. The molecule has 16 heavy (non-hydrogen) atoms. The molecule has 0 aliphatic carbocycles. The van der Waals surface area contributed by atoms with Crippen molar-refractivity contribution in [2.24, 2.45) is 11.8 Å². The summed E-state index contributed by atoms with van der Waals surface area (Å²) in [4.78, 5) is 2.20. The molecule has 2 rings (SSSR count). The highest BCUT2D eigenvalue weighted by molar-refractivity contribution is 4.90. The van der Waals surface area contributed by atoms with Crippen LogP contribution in [0.15, 0.2) is 0 Å². The van der Waals surface area contributed by atoms with E-state index >= 15 is 0 Å². The number of hydrogen-bond acceptors (Lipinski definition) is 3. The van der Waals surface area contributed by atoms with Gasteiger partial charge in [0.1, 0.15) is 6.61 Å². The Bertz CT molecular complexity index is 223. The highest BCUT2D eigenvalue weighted by Crippen LogP contribution is 2.25. The van der Waals surface area contributed by atoms with Gasteiger partial charge in [0, 0.05) is 19.6 Å². The first kappa shape index (κ1) is 12.1. The van der Waals surface area contributed by atoms with Crippen LogP contribution in [0, 0.1) is 11.8 Å². The predicted octanol–water partition coefficient (Wildman–Crippen LogP) is 0.716. The largest absolute Gasteiger partial charge is 0.411 e. The lowest BCUT2D eigenvalue weighted by Crippen LogP contribution is -2.30. The molecule has 2 aliphatic rings. The van der Waals surface area contributed by atoms with Crippen molar-refractivity contribution in [3.8, 4) is 0 Å². The summed E-state index contributed by atoms with van der Waals surface area (Å²) >= 11 is 0. The molecule has 2 aliphatic heterocycles. The number of nitrogens with zero attached hydrogens (tertiary/aromatic N) is 1. The number of likely N-dealkylation sites (tertiary alicyclic amines) is 1. The number of nitrogens with one attached hydrogen (secondary N) is 1. The molecule has 2 unspecified atom stereocenters. The molecule has 2 saturated heterocycles. The van der Waals surface area contributed by atoms with Crippen molar-refractivity contribution < 1.29 is 17.9 Å². The minimum atomic E-state index is -4.20. The Morgan fingerprint density at radius 1 is 1.19 bits per heavy atom. The SMILES string of the molecule is FC(F)(F)COCCN1CC2CNCC2C1. The lowest BCUT2D eigenvalue weighted by Gasteiger charge is -2.17. The van der Waals surface area contributed by atoms with Gasteiger partial charge in [0.15, 0.2) is 0 Å². The van der Waals surface area contributed by atoms with Gasteiger partial charge in [0.2, 0.25) is 0 Å². The van der Waals surface area contributed by atoms with E-state index in [1.165, 1.54) is 0 Å². The summed E-state index contributed by atoms with van der Waals surface area (Å²) in [6.07, 6.45) is -4.20. The van der Waals surface area contributed by atoms with Crippen molar-refractivity contribution in [2.45, 2.75) is 6.18 Å². The maximum atomic E-state index is 11.8. The summed E-state index contributed by atoms with van der Waals surface area (Å²) in [5.74, 6) is 1.37. The summed E-state index contributed by atoms with van der Waals surface area (Å²) in [5, 5.41) is 3.33. The first-order valence-corrected chi connectivity index (χ1v) is 5.62. The summed E-state index contributed by atoms with van der Waals surface area (Å²) in [6.45, 7) is 3.74. The normalized spacial score (nSPS) is 30.9. The molecule has 0 spiro atoms. The van der Waals surface area contributed by atoms with Crippen LogP contribution >= 0.6 is 0 Å². The van der Waals surface area contributed by atoms with Gasteiger partial charge in [0.25, 0.3) is 0 Å². The van der Waals surface area contributed by atoms with Crippen molar-refractivity contribution in [2.75, 3.05) is 45.9 Å². The molecule has 0 saturated carbocycles. The Hall–Kier alpha value is -0.330. The molecule has 0 aromatic rings. The predicted molar refractivity (Wildman–Crippen MR) is 53.2 cm³/mol. The van der Waals surface area contributed by atoms with E-state index in [-0.39, 0.29) is 6.61 Å². The van der Waals surface area contributed by atoms with Gasteiger partial charge < -0.3 is 15.0 Å². The van der Waals surface area contributed by atoms with E-state index in [9.17, 15) is 13.2 Å². The van der Waals surface area contributed by atoms with E-state index in [2.05, 4.69) is 15.0 Å². The zero-order chi connectivity index (χ0) is 11.6. The van der Waals surface area contributed by atoms with Gasteiger partial charge >= 0.3 is 6.18 Å². The second kappa shape index (κ2) is 4.89. The van der Waals surface area contributed by atoms with Crippen LogP contribution in [0.1, 0.15) is 0 Å². The van der Waals surface area contributed by atoms with Crippen molar-refractivity contribution in [1.82, 2.24) is 10.2 Å². The highest BCUT2D eigenvalue weighted by Gasteiger charge is 2.35. The highest BCUT2D eigenvalue weighted by atomic mass is 19.4. The molecule has 2 atom stereocenters. The van der Waals surface area contributed by atoms with Crippen LogP contribution in [0.2, 0.25) is 0 Å². The van der Waals surface area contributed by atoms with Crippen LogP contribution in [0.3, 0.4) is 0 Å². The van der Waals surface area contributed by atoms with Gasteiger partial charge in [0.05, 0.1) is 6.61 Å². The van der Waals surface area contributed by atoms with E-state index in [1.54, 1.807) is 0 Å². The number of hydrogen-bond donors (Lipinski definition) is 1. The molecule has 0 aromatic heterocycles. The summed E-state index contributed by atoms with van der Waals surface area (Å²) in [5.41, 5.74) is 0. The fraction of sp³-hybridized carbons (Fsp3) is 1.00. The Morgan fingerprint density at radius 2 is 1.81 bits per heavy atom. The number of rotatable bonds is 4. The molecule has 0 aromatic carbocycles. The Labute approximate surface area is 92.9 Å². The van der Waals surface area contributed by atoms with Crippen LogP contribution in [0.4, 0.5) is 13.2 Å². The fourth-order valence-corrected chi connectivity index (χ4v) is 2.52. The third kappa shape index (κ3) is 3.33. The van der Waals surface area contributed by atoms with Crippen molar-refractivity contribution >= 4 is 0 Å². The second-order valence-electron chi connectivity index (χ2n) is 4.61. The van der Waals surface area contributed by atoms with E-state index < -0.39 is 12.8 Å². The van der Waals surface area contributed by atoms with Crippen molar-refractivity contribution in [3.63, 3.8) is 0 Å². The zero-order valence-corrected chi connectivity index (χ0v) is 9.09. The van der Waals surface area contributed by atoms with Crippen LogP contribution < -0.4 is 5.32 Å². The molecule has 0 bridgehead atoms. The van der Waals surface area contributed by atoms with Gasteiger partial charge in [-0.25, -0.2) is 0 Å². The monoisotopic (exact) mass is 238 g/mol. The van der Waals surface area contributed by atoms with Gasteiger partial charge in [-0.05, 0) is 24.9 Å². The molecule has 94 valence electrons. The lowest BCUT2D eigenvalue weighted by molar-refractivity contribution is -0.174. The number of halogens is 3. The van der Waals surface area contributed by atoms with Gasteiger partial charge in [-0.15, -0.1) is 0 Å². The molecule has 3 nitrogen and oxygen atoms in total. The smallest absolute Gasteiger partial charge is 0.371 e. The average molecular weight is 238 g/mol. The molecule has 2 heterocycles. The van der Waals surface area contributed by atoms with Crippen LogP contribution in [0.25, 0.3) is 0 Å². The third-order valence-corrected chi connectivity index (χ3v) is 3.28. The van der Waals surface area contributed by atoms with Gasteiger partial charge in [-0.3, -0.25) is 0 Å². The van der Waals surface area contributed by atoms with E-state index in [1.807, 2.05) is 0 Å². The van der Waals surface area contributed by atoms with Crippen LogP contribution in [-0.4, -0.2) is 57.0 Å². The topological polar surface area (TPSA) is 24.5 Å². The molecule has 1 N–H and O–H groups in total. The van der Waals surface area contributed by atoms with Crippen molar-refractivity contribution in [3.05, 3.63) is 0 Å². The summed E-state index contributed by atoms with van der Waals surface area (Å²) < 4.78 is 40.0. The maximum absolute atomic E-state index is 11.8. The first-order valence-electron chi connectivity index (χ1n) is 5.62. The second-order valence-corrected chi connectivity index (χ2v) is 4.61. The minimum Gasteiger partial charge on any atom is -0.371 e. The fourth-order valence-electron chi connectivity index (χ4n) is 2.52. The third-order valence-electron chi connectivity index (χ3n) is 3.28. The number of alkyl halides is 3. The van der Waals surface area contributed by atoms with E-state index in [4.69, 9.17) is 0 Å². The minimum absolute atomic E-state index is 0.173. The van der Waals surface area contributed by atoms with Gasteiger partial charge in [-0.1, -0.05) is 0 Å². The molecule has 0 radical (unpaired) electrons. The molecule has 2 fully saturated rings. The van der Waals surface area contributed by atoms with E-state index in [0.717, 1.165) is 26.2 Å². The quantitative estimate of drug-likeness (QED) is 0.730. The number of fused-ring (bicyclic) bond motifs is 1. The lowest BCUT2D eigenvalue weighted by atomic mass is 10.0. The van der Waals surface area contributed by atoms with Crippen LogP contribution in [0.5, 0.6) is 0 Å².